The SMILES string of the molecule is COc1ccc([C@@H]2CN(Cc3cc(OC)cc(OC)c3)C[C@@H]2CN(Cc2ccc(F)cc2)C(C)=O)cc1. The van der Waals surface area contributed by atoms with Crippen LogP contribution in [0.4, 0.5) is 4.39 Å². The number of ether oxygens (including phenoxy) is 3. The Morgan fingerprint density at radius 1 is 0.865 bits per heavy atom. The monoisotopic (exact) mass is 506 g/mol. The average molecular weight is 507 g/mol. The number of nitrogens with zero attached hydrogens (tertiary/aromatic N) is 2. The standard InChI is InChI=1S/C30H35FN2O4/c1-21(34)33(17-22-5-9-26(31)10-6-22)19-25-18-32(16-23-13-28(36-3)15-29(14-23)37-4)20-30(25)24-7-11-27(35-2)12-8-24/h5-15,25,30H,16-20H2,1-4H3/t25-,30+/m1/s1. The maximum absolute atomic E-state index is 13.4. The summed E-state index contributed by atoms with van der Waals surface area (Å²) in [7, 11) is 4.97. The molecule has 3 aromatic carbocycles. The van der Waals surface area contributed by atoms with Crippen LogP contribution in [0.3, 0.4) is 0 Å². The summed E-state index contributed by atoms with van der Waals surface area (Å²) in [5, 5.41) is 0. The second-order valence-electron chi connectivity index (χ2n) is 9.58. The first-order valence-corrected chi connectivity index (χ1v) is 12.5. The summed E-state index contributed by atoms with van der Waals surface area (Å²) in [4.78, 5) is 16.9. The molecule has 37 heavy (non-hydrogen) atoms. The first-order valence-electron chi connectivity index (χ1n) is 12.5. The molecule has 0 radical (unpaired) electrons. The molecule has 6 nitrogen and oxygen atoms in total. The Labute approximate surface area is 218 Å². The third-order valence-corrected chi connectivity index (χ3v) is 7.06. The van der Waals surface area contributed by atoms with Crippen LogP contribution < -0.4 is 14.2 Å². The van der Waals surface area contributed by atoms with Crippen LogP contribution in [-0.4, -0.2) is 56.7 Å². The van der Waals surface area contributed by atoms with Crippen LogP contribution in [0.5, 0.6) is 17.2 Å². The molecule has 0 unspecified atom stereocenters. The highest BCUT2D eigenvalue weighted by atomic mass is 19.1. The van der Waals surface area contributed by atoms with Crippen molar-refractivity contribution in [2.45, 2.75) is 25.9 Å². The van der Waals surface area contributed by atoms with Crippen molar-refractivity contribution in [2.24, 2.45) is 5.92 Å². The van der Waals surface area contributed by atoms with Gasteiger partial charge in [0, 0.05) is 51.6 Å². The van der Waals surface area contributed by atoms with Gasteiger partial charge < -0.3 is 19.1 Å². The third-order valence-electron chi connectivity index (χ3n) is 7.06. The van der Waals surface area contributed by atoms with E-state index in [9.17, 15) is 9.18 Å². The molecule has 196 valence electrons. The predicted molar refractivity (Wildman–Crippen MR) is 142 cm³/mol. The molecule has 0 spiro atoms. The fourth-order valence-electron chi connectivity index (χ4n) is 5.12. The lowest BCUT2D eigenvalue weighted by atomic mass is 9.88. The summed E-state index contributed by atoms with van der Waals surface area (Å²) in [5.41, 5.74) is 3.25. The number of rotatable bonds is 10. The Morgan fingerprint density at radius 2 is 1.49 bits per heavy atom. The van der Waals surface area contributed by atoms with Gasteiger partial charge in [-0.25, -0.2) is 4.39 Å². The van der Waals surface area contributed by atoms with Crippen LogP contribution in [0.25, 0.3) is 0 Å². The number of likely N-dealkylation sites (tertiary alicyclic amines) is 1. The molecule has 1 amide bonds. The summed E-state index contributed by atoms with van der Waals surface area (Å²) in [5.74, 6) is 2.55. The van der Waals surface area contributed by atoms with Crippen LogP contribution in [0.2, 0.25) is 0 Å². The van der Waals surface area contributed by atoms with Crippen molar-refractivity contribution >= 4 is 5.91 Å². The van der Waals surface area contributed by atoms with Gasteiger partial charge in [-0.05, 0) is 59.0 Å². The zero-order chi connectivity index (χ0) is 26.4. The average Bonchev–Trinajstić information content (AvgIpc) is 3.30. The highest BCUT2D eigenvalue weighted by molar-refractivity contribution is 5.73. The van der Waals surface area contributed by atoms with E-state index in [1.54, 1.807) is 40.4 Å². The number of methoxy groups -OCH3 is 3. The molecular formula is C30H35FN2O4. The first kappa shape index (κ1) is 26.5. The van der Waals surface area contributed by atoms with Crippen molar-refractivity contribution in [1.82, 2.24) is 9.80 Å². The Balaban J connectivity index is 1.56. The Kier molecular flexibility index (Phi) is 8.66. The minimum atomic E-state index is -0.279. The fourth-order valence-corrected chi connectivity index (χ4v) is 5.12. The van der Waals surface area contributed by atoms with Gasteiger partial charge >= 0.3 is 0 Å². The Bertz CT molecular complexity index is 1160. The second-order valence-corrected chi connectivity index (χ2v) is 9.58. The van der Waals surface area contributed by atoms with Gasteiger partial charge in [-0.15, -0.1) is 0 Å². The third kappa shape index (κ3) is 6.80. The summed E-state index contributed by atoms with van der Waals surface area (Å²) >= 11 is 0. The zero-order valence-corrected chi connectivity index (χ0v) is 21.9. The van der Waals surface area contributed by atoms with E-state index in [-0.39, 0.29) is 23.6 Å². The maximum atomic E-state index is 13.4. The highest BCUT2D eigenvalue weighted by Gasteiger charge is 2.35. The van der Waals surface area contributed by atoms with Crippen molar-refractivity contribution in [3.63, 3.8) is 0 Å². The van der Waals surface area contributed by atoms with Gasteiger partial charge in [0.15, 0.2) is 0 Å². The Morgan fingerprint density at radius 3 is 2.05 bits per heavy atom. The lowest BCUT2D eigenvalue weighted by Crippen LogP contribution is -2.35. The minimum Gasteiger partial charge on any atom is -0.497 e. The number of carbonyl (C=O) groups excluding carboxylic acids is 1. The summed E-state index contributed by atoms with van der Waals surface area (Å²) in [6, 6.07) is 20.5. The van der Waals surface area contributed by atoms with E-state index in [4.69, 9.17) is 14.2 Å². The molecule has 2 atom stereocenters. The van der Waals surface area contributed by atoms with Crippen LogP contribution in [-0.2, 0) is 17.9 Å². The van der Waals surface area contributed by atoms with Crippen molar-refractivity contribution in [1.29, 1.82) is 0 Å². The molecule has 7 heteroatoms. The van der Waals surface area contributed by atoms with E-state index in [0.717, 1.165) is 48.0 Å². The number of carbonyl (C=O) groups is 1. The van der Waals surface area contributed by atoms with Crippen molar-refractivity contribution in [3.05, 3.63) is 89.2 Å². The van der Waals surface area contributed by atoms with E-state index in [1.807, 2.05) is 35.2 Å². The molecule has 1 heterocycles. The van der Waals surface area contributed by atoms with Gasteiger partial charge in [0.05, 0.1) is 21.3 Å². The van der Waals surface area contributed by atoms with Crippen LogP contribution in [0, 0.1) is 11.7 Å². The summed E-state index contributed by atoms with van der Waals surface area (Å²) < 4.78 is 29.7. The van der Waals surface area contributed by atoms with Gasteiger partial charge in [-0.2, -0.15) is 0 Å². The summed E-state index contributed by atoms with van der Waals surface area (Å²) in [6.07, 6.45) is 0. The Hall–Kier alpha value is -3.58. The number of hydrogen-bond acceptors (Lipinski definition) is 5. The molecule has 1 aliphatic heterocycles. The maximum Gasteiger partial charge on any atom is 0.219 e. The number of benzene rings is 3. The molecule has 1 saturated heterocycles. The van der Waals surface area contributed by atoms with Crippen molar-refractivity contribution in [2.75, 3.05) is 41.0 Å². The number of halogens is 1. The predicted octanol–water partition coefficient (Wildman–Crippen LogP) is 5.12. The van der Waals surface area contributed by atoms with E-state index in [2.05, 4.69) is 17.0 Å². The van der Waals surface area contributed by atoms with Crippen molar-refractivity contribution < 1.29 is 23.4 Å². The molecule has 0 aromatic heterocycles. The van der Waals surface area contributed by atoms with Gasteiger partial charge in [0.25, 0.3) is 0 Å². The second kappa shape index (κ2) is 12.1. The molecule has 0 bridgehead atoms. The molecule has 1 fully saturated rings. The zero-order valence-electron chi connectivity index (χ0n) is 21.9. The van der Waals surface area contributed by atoms with Crippen LogP contribution in [0.15, 0.2) is 66.7 Å². The molecule has 4 rings (SSSR count). The normalized spacial score (nSPS) is 17.4. The molecule has 3 aromatic rings. The van der Waals surface area contributed by atoms with Crippen LogP contribution >= 0.6 is 0 Å². The largest absolute Gasteiger partial charge is 0.497 e. The van der Waals surface area contributed by atoms with Gasteiger partial charge in [-0.3, -0.25) is 9.69 Å². The molecule has 0 aliphatic carbocycles. The number of hydrogen-bond donors (Lipinski definition) is 0. The van der Waals surface area contributed by atoms with Gasteiger partial charge in [0.2, 0.25) is 5.91 Å². The van der Waals surface area contributed by atoms with E-state index in [1.165, 1.54) is 17.7 Å². The van der Waals surface area contributed by atoms with E-state index >= 15 is 0 Å². The quantitative estimate of drug-likeness (QED) is 0.382. The topological polar surface area (TPSA) is 51.2 Å². The molecule has 0 saturated carbocycles. The lowest BCUT2D eigenvalue weighted by Gasteiger charge is -2.28. The molecule has 0 N–H and O–H groups in total. The number of amides is 1. The molecule has 1 aliphatic rings. The van der Waals surface area contributed by atoms with Gasteiger partial charge in [0.1, 0.15) is 23.1 Å². The van der Waals surface area contributed by atoms with Crippen LogP contribution in [0.1, 0.15) is 29.5 Å². The fraction of sp³-hybridized carbons (Fsp3) is 0.367. The highest BCUT2D eigenvalue weighted by Crippen LogP contribution is 2.36. The lowest BCUT2D eigenvalue weighted by molar-refractivity contribution is -0.130. The smallest absolute Gasteiger partial charge is 0.219 e. The van der Waals surface area contributed by atoms with E-state index in [0.29, 0.717) is 13.1 Å². The first-order chi connectivity index (χ1) is 17.9. The summed E-state index contributed by atoms with van der Waals surface area (Å²) in [6.45, 7) is 5.11. The minimum absolute atomic E-state index is 0.00814. The van der Waals surface area contributed by atoms with E-state index < -0.39 is 0 Å². The van der Waals surface area contributed by atoms with Crippen molar-refractivity contribution in [3.8, 4) is 17.2 Å². The van der Waals surface area contributed by atoms with Gasteiger partial charge in [-0.1, -0.05) is 24.3 Å². The molecular weight excluding hydrogens is 471 g/mol.